The number of halogens is 2. The van der Waals surface area contributed by atoms with Gasteiger partial charge in [-0.3, -0.25) is 0 Å². The molecule has 24 heavy (non-hydrogen) atoms. The lowest BCUT2D eigenvalue weighted by Gasteiger charge is -2.00. The summed E-state index contributed by atoms with van der Waals surface area (Å²) in [4.78, 5) is 0. The minimum absolute atomic E-state index is 0.219. The largest absolute Gasteiger partial charge is 0.454 e. The summed E-state index contributed by atoms with van der Waals surface area (Å²) in [7, 11) is 0. The smallest absolute Gasteiger partial charge is 0.277 e. The van der Waals surface area contributed by atoms with Gasteiger partial charge in [-0.2, -0.15) is 0 Å². The first-order valence-electron chi connectivity index (χ1n) is 6.99. The Hall–Kier alpha value is -2.06. The number of hydrogen-bond acceptors (Lipinski definition) is 6. The first-order valence-corrected chi connectivity index (χ1v) is 8.77. The number of benzene rings is 2. The molecule has 1 aliphatic rings. The van der Waals surface area contributed by atoms with Crippen LogP contribution in [0.5, 0.6) is 11.5 Å². The number of thioether (sulfide) groups is 1. The van der Waals surface area contributed by atoms with E-state index in [0.717, 1.165) is 11.1 Å². The molecule has 2 heterocycles. The van der Waals surface area contributed by atoms with Crippen LogP contribution in [0.15, 0.2) is 50.5 Å². The van der Waals surface area contributed by atoms with E-state index < -0.39 is 0 Å². The highest BCUT2D eigenvalue weighted by Crippen LogP contribution is 2.36. The molecule has 0 fully saturated rings. The van der Waals surface area contributed by atoms with Gasteiger partial charge >= 0.3 is 0 Å². The van der Waals surface area contributed by atoms with E-state index in [2.05, 4.69) is 26.1 Å². The van der Waals surface area contributed by atoms with Crippen molar-refractivity contribution >= 4 is 27.7 Å². The fraction of sp³-hybridized carbons (Fsp3) is 0.125. The highest BCUT2D eigenvalue weighted by Gasteiger charge is 2.17. The van der Waals surface area contributed by atoms with Gasteiger partial charge in [0.1, 0.15) is 5.82 Å². The molecule has 8 heteroatoms. The van der Waals surface area contributed by atoms with Crippen molar-refractivity contribution < 1.29 is 18.3 Å². The molecule has 0 amide bonds. The zero-order valence-electron chi connectivity index (χ0n) is 12.2. The van der Waals surface area contributed by atoms with E-state index >= 15 is 0 Å². The molecule has 3 aromatic rings. The molecular formula is C16H10BrFN2O3S. The maximum atomic E-state index is 13.2. The summed E-state index contributed by atoms with van der Waals surface area (Å²) in [6.45, 7) is 0.219. The predicted octanol–water partition coefficient (Wildman–Crippen LogP) is 4.66. The zero-order chi connectivity index (χ0) is 16.5. The lowest BCUT2D eigenvalue weighted by molar-refractivity contribution is 0.174. The molecule has 1 aliphatic heterocycles. The normalized spacial score (nSPS) is 12.6. The van der Waals surface area contributed by atoms with E-state index in [-0.39, 0.29) is 12.6 Å². The lowest BCUT2D eigenvalue weighted by Crippen LogP contribution is -1.92. The molecule has 0 bridgehead atoms. The standard InChI is InChI=1S/C16H10BrFN2O3S/c17-11-5-9(1-3-12(11)18)7-24-16-20-19-15(23-16)10-2-4-13-14(6-10)22-8-21-13/h1-6H,7-8H2. The summed E-state index contributed by atoms with van der Waals surface area (Å²) in [6, 6.07) is 10.3. The third-order valence-corrected chi connectivity index (χ3v) is 4.87. The Bertz CT molecular complexity index is 903. The predicted molar refractivity (Wildman–Crippen MR) is 89.5 cm³/mol. The molecule has 0 saturated carbocycles. The van der Waals surface area contributed by atoms with Crippen LogP contribution in [0.4, 0.5) is 4.39 Å². The van der Waals surface area contributed by atoms with Crippen molar-refractivity contribution in [3.63, 3.8) is 0 Å². The number of rotatable bonds is 4. The Morgan fingerprint density at radius 2 is 1.96 bits per heavy atom. The quantitative estimate of drug-likeness (QED) is 0.585. The fourth-order valence-electron chi connectivity index (χ4n) is 2.19. The zero-order valence-corrected chi connectivity index (χ0v) is 14.6. The molecular weight excluding hydrogens is 399 g/mol. The third-order valence-electron chi connectivity index (χ3n) is 3.37. The molecule has 4 rings (SSSR count). The van der Waals surface area contributed by atoms with Gasteiger partial charge in [-0.25, -0.2) is 4.39 Å². The van der Waals surface area contributed by atoms with Crippen LogP contribution in [0.1, 0.15) is 5.56 Å². The highest BCUT2D eigenvalue weighted by molar-refractivity contribution is 9.10. The van der Waals surface area contributed by atoms with E-state index in [1.807, 2.05) is 12.1 Å². The maximum absolute atomic E-state index is 13.2. The second-order valence-electron chi connectivity index (χ2n) is 4.98. The van der Waals surface area contributed by atoms with Crippen LogP contribution in [-0.4, -0.2) is 17.0 Å². The van der Waals surface area contributed by atoms with Crippen molar-refractivity contribution in [1.29, 1.82) is 0 Å². The van der Waals surface area contributed by atoms with Crippen LogP contribution in [0.25, 0.3) is 11.5 Å². The molecule has 0 spiro atoms. The molecule has 0 radical (unpaired) electrons. The first kappa shape index (κ1) is 15.5. The maximum Gasteiger partial charge on any atom is 0.277 e. The summed E-state index contributed by atoms with van der Waals surface area (Å²) in [5.41, 5.74) is 1.72. The molecule has 2 aromatic carbocycles. The van der Waals surface area contributed by atoms with Gasteiger partial charge in [0.2, 0.25) is 12.7 Å². The number of hydrogen-bond donors (Lipinski definition) is 0. The summed E-state index contributed by atoms with van der Waals surface area (Å²) in [6.07, 6.45) is 0. The van der Waals surface area contributed by atoms with Crippen LogP contribution >= 0.6 is 27.7 Å². The van der Waals surface area contributed by atoms with Crippen molar-refractivity contribution in [2.24, 2.45) is 0 Å². The van der Waals surface area contributed by atoms with Crippen molar-refractivity contribution in [1.82, 2.24) is 10.2 Å². The monoisotopic (exact) mass is 408 g/mol. The molecule has 0 N–H and O–H groups in total. The number of fused-ring (bicyclic) bond motifs is 1. The summed E-state index contributed by atoms with van der Waals surface area (Å²) in [5.74, 6) is 2.09. The second-order valence-corrected chi connectivity index (χ2v) is 6.76. The third kappa shape index (κ3) is 3.11. The Morgan fingerprint density at radius 3 is 2.83 bits per heavy atom. The van der Waals surface area contributed by atoms with E-state index in [9.17, 15) is 4.39 Å². The molecule has 0 atom stereocenters. The molecule has 0 saturated heterocycles. The van der Waals surface area contributed by atoms with Crippen molar-refractivity contribution in [3.05, 3.63) is 52.3 Å². The fourth-order valence-corrected chi connectivity index (χ4v) is 3.32. The Labute approximate surface area is 149 Å². The minimum Gasteiger partial charge on any atom is -0.454 e. The summed E-state index contributed by atoms with van der Waals surface area (Å²) < 4.78 is 30.0. The van der Waals surface area contributed by atoms with Gasteiger partial charge in [0, 0.05) is 11.3 Å². The van der Waals surface area contributed by atoms with Crippen LogP contribution in [0, 0.1) is 5.82 Å². The molecule has 0 aliphatic carbocycles. The molecule has 0 unspecified atom stereocenters. The van der Waals surface area contributed by atoms with Gasteiger partial charge in [0.05, 0.1) is 4.47 Å². The first-order chi connectivity index (χ1) is 11.7. The van der Waals surface area contributed by atoms with Crippen LogP contribution in [-0.2, 0) is 5.75 Å². The highest BCUT2D eigenvalue weighted by atomic mass is 79.9. The van der Waals surface area contributed by atoms with Gasteiger partial charge in [-0.1, -0.05) is 17.8 Å². The molecule has 122 valence electrons. The van der Waals surface area contributed by atoms with Crippen LogP contribution < -0.4 is 9.47 Å². The van der Waals surface area contributed by atoms with Crippen molar-refractivity contribution in [3.8, 4) is 23.0 Å². The van der Waals surface area contributed by atoms with E-state index in [1.165, 1.54) is 17.8 Å². The van der Waals surface area contributed by atoms with Crippen LogP contribution in [0.2, 0.25) is 0 Å². The van der Waals surface area contributed by atoms with E-state index in [0.29, 0.717) is 32.8 Å². The Balaban J connectivity index is 1.47. The Morgan fingerprint density at radius 1 is 1.08 bits per heavy atom. The lowest BCUT2D eigenvalue weighted by atomic mass is 10.2. The van der Waals surface area contributed by atoms with Crippen LogP contribution in [0.3, 0.4) is 0 Å². The van der Waals surface area contributed by atoms with Gasteiger partial charge in [-0.05, 0) is 51.8 Å². The summed E-state index contributed by atoms with van der Waals surface area (Å²) in [5, 5.41) is 8.53. The summed E-state index contributed by atoms with van der Waals surface area (Å²) >= 11 is 4.56. The SMILES string of the molecule is Fc1ccc(CSc2nnc(-c3ccc4c(c3)OCO4)o2)cc1Br. The average Bonchev–Trinajstić information content (AvgIpc) is 3.24. The number of aromatic nitrogens is 2. The topological polar surface area (TPSA) is 57.4 Å². The van der Waals surface area contributed by atoms with Gasteiger partial charge in [0.15, 0.2) is 11.5 Å². The van der Waals surface area contributed by atoms with Crippen molar-refractivity contribution in [2.75, 3.05) is 6.79 Å². The van der Waals surface area contributed by atoms with E-state index in [4.69, 9.17) is 13.9 Å². The van der Waals surface area contributed by atoms with E-state index in [1.54, 1.807) is 18.2 Å². The van der Waals surface area contributed by atoms with Gasteiger partial charge < -0.3 is 13.9 Å². The molecule has 1 aromatic heterocycles. The molecule has 5 nitrogen and oxygen atoms in total. The Kier molecular flexibility index (Phi) is 4.15. The average molecular weight is 409 g/mol. The van der Waals surface area contributed by atoms with Crippen molar-refractivity contribution in [2.45, 2.75) is 11.0 Å². The minimum atomic E-state index is -0.286. The van der Waals surface area contributed by atoms with Gasteiger partial charge in [0.25, 0.3) is 5.22 Å². The number of nitrogens with zero attached hydrogens (tertiary/aromatic N) is 2. The van der Waals surface area contributed by atoms with Gasteiger partial charge in [-0.15, -0.1) is 10.2 Å². The number of ether oxygens (including phenoxy) is 2. The second kappa shape index (κ2) is 6.45.